The molecule has 2 unspecified atom stereocenters. The second-order valence-corrected chi connectivity index (χ2v) is 6.42. The molecule has 2 aromatic rings. The normalized spacial score (nSPS) is 28.1. The van der Waals surface area contributed by atoms with Crippen LogP contribution < -0.4 is 5.73 Å². The average Bonchev–Trinajstić information content (AvgIpc) is 2.91. The van der Waals surface area contributed by atoms with Crippen LogP contribution in [0.3, 0.4) is 0 Å². The lowest BCUT2D eigenvalue weighted by atomic mass is 9.94. The summed E-state index contributed by atoms with van der Waals surface area (Å²) in [4.78, 5) is 0. The Morgan fingerprint density at radius 3 is 2.20 bits per heavy atom. The summed E-state index contributed by atoms with van der Waals surface area (Å²) in [7, 11) is 0. The quantitative estimate of drug-likeness (QED) is 0.862. The van der Waals surface area contributed by atoms with Gasteiger partial charge in [-0.15, -0.1) is 0 Å². The van der Waals surface area contributed by atoms with E-state index < -0.39 is 0 Å². The molecular weight excluding hydrogens is 246 g/mol. The van der Waals surface area contributed by atoms with Gasteiger partial charge in [-0.05, 0) is 55.6 Å². The maximum atomic E-state index is 6.24. The molecule has 0 aliphatic heterocycles. The van der Waals surface area contributed by atoms with Crippen LogP contribution in [0.25, 0.3) is 0 Å². The molecule has 0 saturated heterocycles. The van der Waals surface area contributed by atoms with Crippen molar-refractivity contribution >= 4 is 5.82 Å². The number of nitrogens with two attached hydrogens (primary N) is 1. The summed E-state index contributed by atoms with van der Waals surface area (Å²) < 4.78 is 2.11. The lowest BCUT2D eigenvalue weighted by Gasteiger charge is -2.24. The zero-order valence-electron chi connectivity index (χ0n) is 11.9. The standard InChI is InChI=1S/C17H21N3/c1-11-10-19-20(17(11)18)16-14-6-7-15(16)9-13-5-3-2-4-12(13)8-14/h2-5,10,14-16H,6-9,18H2,1H3. The van der Waals surface area contributed by atoms with Crippen LogP contribution >= 0.6 is 0 Å². The molecular formula is C17H21N3. The zero-order valence-corrected chi connectivity index (χ0v) is 11.9. The molecule has 4 rings (SSSR count). The van der Waals surface area contributed by atoms with E-state index in [-0.39, 0.29) is 0 Å². The third-order valence-corrected chi connectivity index (χ3v) is 5.27. The van der Waals surface area contributed by atoms with Crippen molar-refractivity contribution in [2.45, 2.75) is 38.6 Å². The highest BCUT2D eigenvalue weighted by Gasteiger charge is 2.41. The van der Waals surface area contributed by atoms with Crippen molar-refractivity contribution in [3.63, 3.8) is 0 Å². The first-order valence-corrected chi connectivity index (χ1v) is 7.60. The van der Waals surface area contributed by atoms with Gasteiger partial charge in [0, 0.05) is 5.56 Å². The minimum Gasteiger partial charge on any atom is -0.384 e. The molecule has 1 heterocycles. The summed E-state index contributed by atoms with van der Waals surface area (Å²) >= 11 is 0. The zero-order chi connectivity index (χ0) is 13.7. The first-order valence-electron chi connectivity index (χ1n) is 7.60. The van der Waals surface area contributed by atoms with E-state index in [1.807, 2.05) is 13.1 Å². The van der Waals surface area contributed by atoms with Gasteiger partial charge in [0.15, 0.2) is 0 Å². The molecule has 0 spiro atoms. The first kappa shape index (κ1) is 12.0. The van der Waals surface area contributed by atoms with E-state index in [1.165, 1.54) is 36.8 Å². The van der Waals surface area contributed by atoms with Crippen molar-refractivity contribution in [3.8, 4) is 0 Å². The Balaban J connectivity index is 1.76. The van der Waals surface area contributed by atoms with Crippen LogP contribution in [0.15, 0.2) is 30.5 Å². The van der Waals surface area contributed by atoms with Gasteiger partial charge in [0.2, 0.25) is 0 Å². The molecule has 2 N–H and O–H groups in total. The lowest BCUT2D eigenvalue weighted by molar-refractivity contribution is 0.295. The largest absolute Gasteiger partial charge is 0.384 e. The Bertz CT molecular complexity index is 610. The smallest absolute Gasteiger partial charge is 0.124 e. The van der Waals surface area contributed by atoms with Gasteiger partial charge in [0.1, 0.15) is 5.82 Å². The van der Waals surface area contributed by atoms with Gasteiger partial charge >= 0.3 is 0 Å². The predicted octanol–water partition coefficient (Wildman–Crippen LogP) is 3.14. The van der Waals surface area contributed by atoms with Gasteiger partial charge in [0.05, 0.1) is 12.2 Å². The Labute approximate surface area is 119 Å². The Morgan fingerprint density at radius 1 is 1.10 bits per heavy atom. The Hall–Kier alpha value is -1.77. The number of nitrogens with zero attached hydrogens (tertiary/aromatic N) is 2. The highest BCUT2D eigenvalue weighted by molar-refractivity contribution is 5.39. The van der Waals surface area contributed by atoms with Gasteiger partial charge < -0.3 is 5.73 Å². The summed E-state index contributed by atoms with van der Waals surface area (Å²) in [6.07, 6.45) is 6.88. The monoisotopic (exact) mass is 267 g/mol. The molecule has 1 saturated carbocycles. The Morgan fingerprint density at radius 2 is 1.70 bits per heavy atom. The molecule has 2 atom stereocenters. The average molecular weight is 267 g/mol. The van der Waals surface area contributed by atoms with Gasteiger partial charge in [-0.3, -0.25) is 0 Å². The summed E-state index contributed by atoms with van der Waals surface area (Å²) in [6.45, 7) is 2.05. The van der Waals surface area contributed by atoms with Gasteiger partial charge in [-0.25, -0.2) is 4.68 Å². The Kier molecular flexibility index (Phi) is 2.62. The number of anilines is 1. The SMILES string of the molecule is Cc1cnn(C2C3CCC2Cc2ccccc2C3)c1N. The second kappa shape index (κ2) is 4.37. The van der Waals surface area contributed by atoms with Crippen molar-refractivity contribution in [2.75, 3.05) is 5.73 Å². The van der Waals surface area contributed by atoms with E-state index in [0.29, 0.717) is 17.9 Å². The van der Waals surface area contributed by atoms with E-state index in [2.05, 4.69) is 34.0 Å². The minimum atomic E-state index is 0.482. The van der Waals surface area contributed by atoms with Crippen LogP contribution in [0.4, 0.5) is 5.82 Å². The molecule has 2 aliphatic rings. The van der Waals surface area contributed by atoms with E-state index in [9.17, 15) is 0 Å². The maximum Gasteiger partial charge on any atom is 0.124 e. The number of benzene rings is 1. The number of hydrogen-bond donors (Lipinski definition) is 1. The van der Waals surface area contributed by atoms with Gasteiger partial charge in [-0.1, -0.05) is 24.3 Å². The molecule has 3 nitrogen and oxygen atoms in total. The number of nitrogen functional groups attached to an aromatic ring is 1. The number of aryl methyl sites for hydroxylation is 1. The second-order valence-electron chi connectivity index (χ2n) is 6.42. The molecule has 20 heavy (non-hydrogen) atoms. The van der Waals surface area contributed by atoms with Crippen molar-refractivity contribution in [3.05, 3.63) is 47.2 Å². The molecule has 1 aromatic heterocycles. The molecule has 104 valence electrons. The molecule has 1 fully saturated rings. The molecule has 1 aromatic carbocycles. The summed E-state index contributed by atoms with van der Waals surface area (Å²) in [5.41, 5.74) is 10.4. The van der Waals surface area contributed by atoms with Crippen LogP contribution in [0.1, 0.15) is 35.6 Å². The van der Waals surface area contributed by atoms with Crippen molar-refractivity contribution in [2.24, 2.45) is 11.8 Å². The van der Waals surface area contributed by atoms with E-state index in [0.717, 1.165) is 11.4 Å². The van der Waals surface area contributed by atoms with Crippen molar-refractivity contribution in [1.82, 2.24) is 9.78 Å². The summed E-state index contributed by atoms with van der Waals surface area (Å²) in [5, 5.41) is 4.58. The lowest BCUT2D eigenvalue weighted by Crippen LogP contribution is -2.23. The fourth-order valence-corrected chi connectivity index (χ4v) is 4.22. The fourth-order valence-electron chi connectivity index (χ4n) is 4.22. The molecule has 0 radical (unpaired) electrons. The third kappa shape index (κ3) is 1.69. The number of fused-ring (bicyclic) bond motifs is 3. The van der Waals surface area contributed by atoms with E-state index >= 15 is 0 Å². The van der Waals surface area contributed by atoms with Crippen molar-refractivity contribution in [1.29, 1.82) is 0 Å². The van der Waals surface area contributed by atoms with Crippen LogP contribution in [-0.4, -0.2) is 9.78 Å². The van der Waals surface area contributed by atoms with Gasteiger partial charge in [0.25, 0.3) is 0 Å². The summed E-state index contributed by atoms with van der Waals surface area (Å²) in [6, 6.07) is 9.41. The van der Waals surface area contributed by atoms with Gasteiger partial charge in [-0.2, -0.15) is 5.10 Å². The van der Waals surface area contributed by atoms with Crippen molar-refractivity contribution < 1.29 is 0 Å². The summed E-state index contributed by atoms with van der Waals surface area (Å²) in [5.74, 6) is 2.23. The van der Waals surface area contributed by atoms with Crippen LogP contribution in [0.2, 0.25) is 0 Å². The van der Waals surface area contributed by atoms with Crippen LogP contribution in [0, 0.1) is 18.8 Å². The van der Waals surface area contributed by atoms with E-state index in [1.54, 1.807) is 0 Å². The topological polar surface area (TPSA) is 43.8 Å². The third-order valence-electron chi connectivity index (χ3n) is 5.27. The number of rotatable bonds is 1. The maximum absolute atomic E-state index is 6.24. The number of hydrogen-bond acceptors (Lipinski definition) is 2. The van der Waals surface area contributed by atoms with Crippen LogP contribution in [-0.2, 0) is 12.8 Å². The fraction of sp³-hybridized carbons (Fsp3) is 0.471. The molecule has 0 amide bonds. The highest BCUT2D eigenvalue weighted by atomic mass is 15.3. The predicted molar refractivity (Wildman–Crippen MR) is 80.5 cm³/mol. The molecule has 2 aliphatic carbocycles. The first-order chi connectivity index (χ1) is 9.74. The number of aromatic nitrogens is 2. The minimum absolute atomic E-state index is 0.482. The highest BCUT2D eigenvalue weighted by Crippen LogP contribution is 2.47. The van der Waals surface area contributed by atoms with E-state index in [4.69, 9.17) is 5.73 Å². The van der Waals surface area contributed by atoms with Crippen LogP contribution in [0.5, 0.6) is 0 Å². The molecule has 2 bridgehead atoms. The molecule has 3 heteroatoms.